The number of amides is 2. The first-order valence-electron chi connectivity index (χ1n) is 14.8. The average Bonchev–Trinajstić information content (AvgIpc) is 3.31. The molecular formula is C32H48N6O2S. The molecule has 3 aliphatic heterocycles. The van der Waals surface area contributed by atoms with E-state index in [0.29, 0.717) is 40.5 Å². The lowest BCUT2D eigenvalue weighted by Crippen LogP contribution is -2.40. The fraction of sp³-hybridized carbons (Fsp3) is 0.625. The molecule has 4 rings (SSSR count). The molecule has 2 bridgehead atoms. The van der Waals surface area contributed by atoms with Crippen LogP contribution in [-0.2, 0) is 4.79 Å². The number of nitrogens with zero attached hydrogens (tertiary/aromatic N) is 4. The number of carbonyl (C=O) groups excluding carboxylic acids is 2. The van der Waals surface area contributed by atoms with Crippen molar-refractivity contribution in [1.29, 1.82) is 0 Å². The van der Waals surface area contributed by atoms with Gasteiger partial charge >= 0.3 is 0 Å². The topological polar surface area (TPSA) is 89.9 Å². The zero-order valence-corrected chi connectivity index (χ0v) is 26.8. The number of carbonyl (C=O) groups is 2. The van der Waals surface area contributed by atoms with Crippen molar-refractivity contribution in [2.24, 2.45) is 27.7 Å². The SMILES string of the molecule is C=C/C1=N\C(=C)NCCCC2CN(c3nc(N4CC(C)(C)C(CCC(C)(C)C)C4=O)ccc3C(=O)NS1)C(C)(C)C2. The second-order valence-corrected chi connectivity index (χ2v) is 15.1. The van der Waals surface area contributed by atoms with Gasteiger partial charge in [0.2, 0.25) is 5.91 Å². The van der Waals surface area contributed by atoms with Crippen LogP contribution in [0.2, 0.25) is 0 Å². The van der Waals surface area contributed by atoms with Crippen molar-refractivity contribution in [3.63, 3.8) is 0 Å². The van der Waals surface area contributed by atoms with Crippen LogP contribution in [0.3, 0.4) is 0 Å². The number of hydrogen-bond acceptors (Lipinski definition) is 7. The minimum absolute atomic E-state index is 0.0617. The zero-order chi connectivity index (χ0) is 30.2. The highest BCUT2D eigenvalue weighted by atomic mass is 32.2. The molecule has 9 heteroatoms. The summed E-state index contributed by atoms with van der Waals surface area (Å²) in [5.41, 5.74) is 0.295. The van der Waals surface area contributed by atoms with Crippen LogP contribution in [0, 0.1) is 22.7 Å². The number of hydrogen-bond donors (Lipinski definition) is 2. The summed E-state index contributed by atoms with van der Waals surface area (Å²) < 4.78 is 2.92. The highest BCUT2D eigenvalue weighted by Crippen LogP contribution is 2.44. The van der Waals surface area contributed by atoms with Crippen LogP contribution in [-0.4, -0.2) is 47.0 Å². The zero-order valence-electron chi connectivity index (χ0n) is 26.0. The molecule has 8 nitrogen and oxygen atoms in total. The Balaban J connectivity index is 1.71. The van der Waals surface area contributed by atoms with Gasteiger partial charge in [-0.1, -0.05) is 47.8 Å². The summed E-state index contributed by atoms with van der Waals surface area (Å²) in [6.45, 7) is 25.5. The molecule has 0 spiro atoms. The molecule has 2 unspecified atom stereocenters. The summed E-state index contributed by atoms with van der Waals surface area (Å²) in [6.07, 6.45) is 6.47. The number of aromatic nitrogens is 1. The predicted octanol–water partition coefficient (Wildman–Crippen LogP) is 6.32. The van der Waals surface area contributed by atoms with Gasteiger partial charge in [-0.3, -0.25) is 19.2 Å². The van der Waals surface area contributed by atoms with Crippen molar-refractivity contribution in [3.05, 3.63) is 42.8 Å². The number of aliphatic imine (C=N–C) groups is 1. The molecule has 41 heavy (non-hydrogen) atoms. The summed E-state index contributed by atoms with van der Waals surface area (Å²) in [7, 11) is 0. The molecule has 0 aromatic carbocycles. The van der Waals surface area contributed by atoms with Gasteiger partial charge in [0.05, 0.1) is 5.56 Å². The minimum atomic E-state index is -0.262. The van der Waals surface area contributed by atoms with E-state index in [1.165, 1.54) is 0 Å². The molecule has 1 aromatic rings. The maximum absolute atomic E-state index is 13.8. The number of anilines is 2. The summed E-state index contributed by atoms with van der Waals surface area (Å²) in [4.78, 5) is 41.1. The molecule has 4 heterocycles. The van der Waals surface area contributed by atoms with Crippen molar-refractivity contribution in [1.82, 2.24) is 15.0 Å². The summed E-state index contributed by atoms with van der Waals surface area (Å²) in [5, 5.41) is 3.82. The van der Waals surface area contributed by atoms with Crippen LogP contribution in [0.1, 0.15) is 90.9 Å². The van der Waals surface area contributed by atoms with E-state index in [1.54, 1.807) is 6.08 Å². The highest BCUT2D eigenvalue weighted by Gasteiger charge is 2.47. The largest absolute Gasteiger partial charge is 0.371 e. The molecule has 0 aliphatic carbocycles. The lowest BCUT2D eigenvalue weighted by Gasteiger charge is -2.34. The number of rotatable bonds is 4. The van der Waals surface area contributed by atoms with Gasteiger partial charge in [0, 0.05) is 43.0 Å². The fourth-order valence-corrected chi connectivity index (χ4v) is 6.93. The van der Waals surface area contributed by atoms with Gasteiger partial charge in [0.25, 0.3) is 5.91 Å². The molecule has 2 atom stereocenters. The Hall–Kier alpha value is -2.81. The maximum Gasteiger partial charge on any atom is 0.265 e. The Bertz CT molecular complexity index is 1230. The van der Waals surface area contributed by atoms with E-state index in [0.717, 1.165) is 57.1 Å². The van der Waals surface area contributed by atoms with E-state index in [1.807, 2.05) is 17.0 Å². The van der Waals surface area contributed by atoms with Gasteiger partial charge in [0.15, 0.2) is 0 Å². The van der Waals surface area contributed by atoms with E-state index in [4.69, 9.17) is 4.98 Å². The van der Waals surface area contributed by atoms with E-state index >= 15 is 0 Å². The summed E-state index contributed by atoms with van der Waals surface area (Å²) in [5.74, 6) is 2.06. The average molecular weight is 581 g/mol. The molecular weight excluding hydrogens is 532 g/mol. The van der Waals surface area contributed by atoms with Crippen LogP contribution in [0.5, 0.6) is 0 Å². The number of nitrogens with one attached hydrogen (secondary N) is 2. The van der Waals surface area contributed by atoms with Crippen LogP contribution in [0.4, 0.5) is 11.6 Å². The second kappa shape index (κ2) is 11.8. The standard InChI is InChI=1S/C32H48N6O2S/c1-10-26-34-21(2)33-17-11-12-22-18-32(8,9)38(19-22)27-23(28(39)36-41-26)13-14-25(35-27)37-20-31(6,7)24(29(37)40)15-16-30(3,4)5/h10,13-14,22,24,33H,1-2,11-12,15-20H2,3-9H3,(H,36,39)/b34-26+. The first-order chi connectivity index (χ1) is 19.1. The smallest absolute Gasteiger partial charge is 0.265 e. The molecule has 2 N–H and O–H groups in total. The van der Waals surface area contributed by atoms with Gasteiger partial charge in [-0.25, -0.2) is 9.98 Å². The van der Waals surface area contributed by atoms with Crippen molar-refractivity contribution < 1.29 is 9.59 Å². The normalized spacial score (nSPS) is 26.3. The lowest BCUT2D eigenvalue weighted by molar-refractivity contribution is -0.122. The monoisotopic (exact) mass is 580 g/mol. The minimum Gasteiger partial charge on any atom is -0.371 e. The molecule has 0 radical (unpaired) electrons. The molecule has 1 aromatic heterocycles. The Morgan fingerprint density at radius 1 is 1.20 bits per heavy atom. The molecule has 2 fully saturated rings. The quantitative estimate of drug-likeness (QED) is 0.405. The third-order valence-electron chi connectivity index (χ3n) is 8.64. The Morgan fingerprint density at radius 2 is 1.93 bits per heavy atom. The second-order valence-electron chi connectivity index (χ2n) is 14.3. The van der Waals surface area contributed by atoms with Crippen LogP contribution in [0.15, 0.2) is 42.2 Å². The summed E-state index contributed by atoms with van der Waals surface area (Å²) in [6, 6.07) is 3.65. The van der Waals surface area contributed by atoms with Crippen molar-refractivity contribution in [3.8, 4) is 0 Å². The Kier molecular flexibility index (Phi) is 8.98. The first-order valence-corrected chi connectivity index (χ1v) is 15.6. The van der Waals surface area contributed by atoms with Crippen molar-refractivity contribution in [2.75, 3.05) is 29.4 Å². The van der Waals surface area contributed by atoms with Crippen LogP contribution in [0.25, 0.3) is 0 Å². The van der Waals surface area contributed by atoms with Gasteiger partial charge < -0.3 is 10.2 Å². The van der Waals surface area contributed by atoms with E-state index in [-0.39, 0.29) is 34.1 Å². The Labute approximate surface area is 250 Å². The lowest BCUT2D eigenvalue weighted by atomic mass is 9.76. The third kappa shape index (κ3) is 7.16. The van der Waals surface area contributed by atoms with Gasteiger partial charge in [-0.15, -0.1) is 0 Å². The van der Waals surface area contributed by atoms with Crippen LogP contribution >= 0.6 is 11.9 Å². The van der Waals surface area contributed by atoms with Crippen molar-refractivity contribution >= 4 is 40.4 Å². The van der Waals surface area contributed by atoms with E-state index < -0.39 is 0 Å². The Morgan fingerprint density at radius 3 is 2.61 bits per heavy atom. The molecule has 2 saturated heterocycles. The first kappa shape index (κ1) is 31.1. The number of fused-ring (bicyclic) bond motifs is 4. The number of pyridine rings is 1. The van der Waals surface area contributed by atoms with Crippen molar-refractivity contribution in [2.45, 2.75) is 86.1 Å². The molecule has 0 saturated carbocycles. The molecule has 224 valence electrons. The maximum atomic E-state index is 13.8. The summed E-state index contributed by atoms with van der Waals surface area (Å²) >= 11 is 1.11. The van der Waals surface area contributed by atoms with Gasteiger partial charge in [-0.05, 0) is 80.9 Å². The predicted molar refractivity (Wildman–Crippen MR) is 171 cm³/mol. The van der Waals surface area contributed by atoms with Crippen LogP contribution < -0.4 is 19.8 Å². The van der Waals surface area contributed by atoms with E-state index in [2.05, 4.69) is 81.6 Å². The fourth-order valence-electron chi connectivity index (χ4n) is 6.39. The van der Waals surface area contributed by atoms with Gasteiger partial charge in [0.1, 0.15) is 22.5 Å². The van der Waals surface area contributed by atoms with Gasteiger partial charge in [-0.2, -0.15) is 0 Å². The molecule has 2 amide bonds. The highest BCUT2D eigenvalue weighted by molar-refractivity contribution is 8.13. The van der Waals surface area contributed by atoms with E-state index in [9.17, 15) is 9.59 Å². The third-order valence-corrected chi connectivity index (χ3v) is 9.39. The molecule has 3 aliphatic rings.